The maximum atomic E-state index is 12.9. The van der Waals surface area contributed by atoms with Crippen LogP contribution in [0.3, 0.4) is 0 Å². The fourth-order valence-electron chi connectivity index (χ4n) is 2.63. The molecule has 8 nitrogen and oxygen atoms in total. The molecule has 0 aliphatic carbocycles. The van der Waals surface area contributed by atoms with E-state index in [1.54, 1.807) is 0 Å². The zero-order chi connectivity index (χ0) is 20.0. The molecular formula is C19H22N2O6. The number of pyridine rings is 1. The summed E-state index contributed by atoms with van der Waals surface area (Å²) >= 11 is 0. The van der Waals surface area contributed by atoms with Gasteiger partial charge in [0.25, 0.3) is 17.7 Å². The number of hydrogen-bond acceptors (Lipinski definition) is 6. The SMILES string of the molecule is CCCCn1c(=O)c(OC=O)c(OCC=C(C)C)c2ccc([N+](=O)[O-])cc21. The number of non-ortho nitro benzene ring substituents is 1. The van der Waals surface area contributed by atoms with Crippen LogP contribution < -0.4 is 15.0 Å². The Kier molecular flexibility index (Phi) is 6.70. The highest BCUT2D eigenvalue weighted by molar-refractivity contribution is 5.90. The first kappa shape index (κ1) is 20.2. The van der Waals surface area contributed by atoms with Gasteiger partial charge in [0.1, 0.15) is 6.61 Å². The maximum Gasteiger partial charge on any atom is 0.298 e. The first-order valence-electron chi connectivity index (χ1n) is 8.62. The van der Waals surface area contributed by atoms with Crippen LogP contribution in [-0.2, 0) is 11.3 Å². The number of hydrogen-bond donors (Lipinski definition) is 0. The number of nitro benzene ring substituents is 1. The molecule has 0 bridgehead atoms. The lowest BCUT2D eigenvalue weighted by Crippen LogP contribution is -2.23. The minimum absolute atomic E-state index is 0.0993. The summed E-state index contributed by atoms with van der Waals surface area (Å²) in [6.45, 7) is 6.45. The molecule has 1 aromatic carbocycles. The van der Waals surface area contributed by atoms with E-state index in [0.717, 1.165) is 12.0 Å². The lowest BCUT2D eigenvalue weighted by atomic mass is 10.1. The van der Waals surface area contributed by atoms with Crippen molar-refractivity contribution in [1.29, 1.82) is 0 Å². The second-order valence-electron chi connectivity index (χ2n) is 6.23. The monoisotopic (exact) mass is 374 g/mol. The molecule has 0 saturated carbocycles. The van der Waals surface area contributed by atoms with Gasteiger partial charge in [0.15, 0.2) is 5.75 Å². The second-order valence-corrected chi connectivity index (χ2v) is 6.23. The number of carbonyl (C=O) groups excluding carboxylic acids is 1. The van der Waals surface area contributed by atoms with Crippen molar-refractivity contribution in [2.75, 3.05) is 6.61 Å². The summed E-state index contributed by atoms with van der Waals surface area (Å²) in [7, 11) is 0. The number of fused-ring (bicyclic) bond motifs is 1. The molecular weight excluding hydrogens is 352 g/mol. The highest BCUT2D eigenvalue weighted by Crippen LogP contribution is 2.34. The van der Waals surface area contributed by atoms with E-state index in [2.05, 4.69) is 0 Å². The molecule has 0 saturated heterocycles. The van der Waals surface area contributed by atoms with Crippen LogP contribution in [0.15, 0.2) is 34.6 Å². The second kappa shape index (κ2) is 8.98. The smallest absolute Gasteiger partial charge is 0.298 e. The molecule has 0 radical (unpaired) electrons. The Morgan fingerprint density at radius 3 is 2.63 bits per heavy atom. The van der Waals surface area contributed by atoms with E-state index in [0.29, 0.717) is 23.9 Å². The van der Waals surface area contributed by atoms with Gasteiger partial charge in [-0.05, 0) is 32.4 Å². The number of unbranched alkanes of at least 4 members (excludes halogenated alkanes) is 1. The third-order valence-corrected chi connectivity index (χ3v) is 3.99. The van der Waals surface area contributed by atoms with Gasteiger partial charge < -0.3 is 14.0 Å². The molecule has 0 N–H and O–H groups in total. The van der Waals surface area contributed by atoms with E-state index in [-0.39, 0.29) is 30.3 Å². The topological polar surface area (TPSA) is 101 Å². The Morgan fingerprint density at radius 2 is 2.04 bits per heavy atom. The molecule has 1 heterocycles. The van der Waals surface area contributed by atoms with Crippen molar-refractivity contribution in [3.8, 4) is 11.5 Å². The summed E-state index contributed by atoms with van der Waals surface area (Å²) in [6.07, 6.45) is 3.33. The van der Waals surface area contributed by atoms with E-state index in [1.165, 1.54) is 22.8 Å². The van der Waals surface area contributed by atoms with Gasteiger partial charge in [-0.25, -0.2) is 0 Å². The third kappa shape index (κ3) is 4.52. The zero-order valence-electron chi connectivity index (χ0n) is 15.6. The zero-order valence-corrected chi connectivity index (χ0v) is 15.6. The molecule has 2 aromatic rings. The van der Waals surface area contributed by atoms with Crippen LogP contribution in [0.25, 0.3) is 10.9 Å². The Labute approximate surface area is 156 Å². The molecule has 1 aromatic heterocycles. The summed E-state index contributed by atoms with van der Waals surface area (Å²) < 4.78 is 12.0. The minimum Gasteiger partial charge on any atom is -0.485 e. The molecule has 0 unspecified atom stereocenters. The first-order valence-corrected chi connectivity index (χ1v) is 8.62. The summed E-state index contributed by atoms with van der Waals surface area (Å²) in [6, 6.07) is 4.17. The molecule has 0 fully saturated rings. The number of aryl methyl sites for hydroxylation is 1. The summed E-state index contributed by atoms with van der Waals surface area (Å²) in [5, 5.41) is 11.6. The summed E-state index contributed by atoms with van der Waals surface area (Å²) in [5.74, 6) is -0.119. The number of allylic oxidation sites excluding steroid dienone is 1. The van der Waals surface area contributed by atoms with E-state index in [9.17, 15) is 19.7 Å². The van der Waals surface area contributed by atoms with Crippen LogP contribution >= 0.6 is 0 Å². The number of benzene rings is 1. The molecule has 0 aliphatic heterocycles. The van der Waals surface area contributed by atoms with Crippen LogP contribution in [0.5, 0.6) is 11.5 Å². The van der Waals surface area contributed by atoms with Crippen molar-refractivity contribution < 1.29 is 19.2 Å². The molecule has 8 heteroatoms. The fourth-order valence-corrected chi connectivity index (χ4v) is 2.63. The van der Waals surface area contributed by atoms with Crippen LogP contribution in [0.2, 0.25) is 0 Å². The van der Waals surface area contributed by atoms with E-state index in [1.807, 2.05) is 26.8 Å². The molecule has 27 heavy (non-hydrogen) atoms. The van der Waals surface area contributed by atoms with Crippen LogP contribution in [-0.4, -0.2) is 22.6 Å². The number of nitrogens with zero attached hydrogens (tertiary/aromatic N) is 2. The third-order valence-electron chi connectivity index (χ3n) is 3.99. The van der Waals surface area contributed by atoms with Crippen molar-refractivity contribution in [1.82, 2.24) is 4.57 Å². The Balaban J connectivity index is 2.78. The Hall–Kier alpha value is -3.16. The predicted octanol–water partition coefficient (Wildman–Crippen LogP) is 3.59. The van der Waals surface area contributed by atoms with Crippen molar-refractivity contribution in [2.45, 2.75) is 40.2 Å². The first-order chi connectivity index (χ1) is 12.9. The highest BCUT2D eigenvalue weighted by atomic mass is 16.6. The van der Waals surface area contributed by atoms with Crippen molar-refractivity contribution in [3.63, 3.8) is 0 Å². The molecule has 0 spiro atoms. The van der Waals surface area contributed by atoms with Gasteiger partial charge in [0.2, 0.25) is 5.75 Å². The van der Waals surface area contributed by atoms with Crippen molar-refractivity contribution in [3.05, 3.63) is 50.3 Å². The Morgan fingerprint density at radius 1 is 1.30 bits per heavy atom. The van der Waals surface area contributed by atoms with E-state index < -0.39 is 10.5 Å². The van der Waals surface area contributed by atoms with Gasteiger partial charge in [-0.2, -0.15) is 0 Å². The van der Waals surface area contributed by atoms with Gasteiger partial charge in [-0.3, -0.25) is 19.7 Å². The molecule has 0 atom stereocenters. The van der Waals surface area contributed by atoms with Gasteiger partial charge in [-0.15, -0.1) is 0 Å². The maximum absolute atomic E-state index is 12.9. The highest BCUT2D eigenvalue weighted by Gasteiger charge is 2.21. The predicted molar refractivity (Wildman–Crippen MR) is 101 cm³/mol. The van der Waals surface area contributed by atoms with Gasteiger partial charge in [0, 0.05) is 24.1 Å². The molecule has 2 rings (SSSR count). The van der Waals surface area contributed by atoms with Crippen molar-refractivity contribution in [2.24, 2.45) is 0 Å². The normalized spacial score (nSPS) is 10.5. The average molecular weight is 374 g/mol. The minimum atomic E-state index is -0.559. The standard InChI is InChI=1S/C19H22N2O6/c1-4-5-9-20-16-11-14(21(24)25)6-7-15(16)17(26-10-8-13(2)3)18(19(20)23)27-12-22/h6-8,11-12H,4-5,9-10H2,1-3H3. The largest absolute Gasteiger partial charge is 0.485 e. The number of ether oxygens (including phenoxy) is 2. The average Bonchev–Trinajstić information content (AvgIpc) is 2.63. The molecule has 0 amide bonds. The fraction of sp³-hybridized carbons (Fsp3) is 0.368. The van der Waals surface area contributed by atoms with Crippen LogP contribution in [0, 0.1) is 10.1 Å². The number of carbonyl (C=O) groups is 1. The number of rotatable bonds is 9. The van der Waals surface area contributed by atoms with Gasteiger partial charge >= 0.3 is 0 Å². The quantitative estimate of drug-likeness (QED) is 0.288. The molecule has 144 valence electrons. The summed E-state index contributed by atoms with van der Waals surface area (Å²) in [4.78, 5) is 34.5. The van der Waals surface area contributed by atoms with Gasteiger partial charge in [0.05, 0.1) is 10.4 Å². The van der Waals surface area contributed by atoms with Gasteiger partial charge in [-0.1, -0.05) is 18.9 Å². The van der Waals surface area contributed by atoms with Crippen molar-refractivity contribution >= 4 is 23.1 Å². The number of nitro groups is 1. The summed E-state index contributed by atoms with van der Waals surface area (Å²) in [5.41, 5.74) is 0.694. The van der Waals surface area contributed by atoms with Crippen LogP contribution in [0.4, 0.5) is 5.69 Å². The Bertz CT molecular complexity index is 941. The van der Waals surface area contributed by atoms with E-state index >= 15 is 0 Å². The molecule has 0 aliphatic rings. The number of aromatic nitrogens is 1. The van der Waals surface area contributed by atoms with E-state index in [4.69, 9.17) is 9.47 Å². The lowest BCUT2D eigenvalue weighted by molar-refractivity contribution is -0.384. The van der Waals surface area contributed by atoms with Crippen LogP contribution in [0.1, 0.15) is 33.6 Å². The lowest BCUT2D eigenvalue weighted by Gasteiger charge is -2.16.